The number of hydrogen-bond donors (Lipinski definition) is 4. The van der Waals surface area contributed by atoms with Gasteiger partial charge in [0.25, 0.3) is 0 Å². The van der Waals surface area contributed by atoms with Crippen molar-refractivity contribution < 1.29 is 4.79 Å². The molecule has 2 amide bonds. The molecular weight excluding hydrogens is 316 g/mol. The van der Waals surface area contributed by atoms with Crippen LogP contribution < -0.4 is 16.3 Å². The summed E-state index contributed by atoms with van der Waals surface area (Å²) in [4.78, 5) is 28.9. The molecule has 0 aliphatic rings. The summed E-state index contributed by atoms with van der Waals surface area (Å²) < 4.78 is 0. The molecule has 0 bridgehead atoms. The van der Waals surface area contributed by atoms with Crippen LogP contribution in [0.5, 0.6) is 0 Å². The number of para-hydroxylation sites is 1. The number of aromatic amines is 2. The minimum absolute atomic E-state index is 0.107. The Hall–Kier alpha value is -3.02. The Balaban J connectivity index is 1.64. The second-order valence-electron chi connectivity index (χ2n) is 7.06. The number of hydrogen-bond acceptors (Lipinski definition) is 2. The Morgan fingerprint density at radius 2 is 1.76 bits per heavy atom. The maximum absolute atomic E-state index is 12.1. The van der Waals surface area contributed by atoms with E-state index >= 15 is 0 Å². The molecule has 0 saturated heterocycles. The molecule has 25 heavy (non-hydrogen) atoms. The average Bonchev–Trinajstić information content (AvgIpc) is 2.94. The van der Waals surface area contributed by atoms with Gasteiger partial charge < -0.3 is 20.6 Å². The predicted molar refractivity (Wildman–Crippen MR) is 99.9 cm³/mol. The van der Waals surface area contributed by atoms with Gasteiger partial charge in [-0.3, -0.25) is 0 Å². The Bertz CT molecular complexity index is 946. The molecule has 0 spiro atoms. The highest BCUT2D eigenvalue weighted by molar-refractivity contribution is 5.98. The van der Waals surface area contributed by atoms with Gasteiger partial charge in [0.15, 0.2) is 0 Å². The fourth-order valence-corrected chi connectivity index (χ4v) is 2.63. The molecular formula is C19H22N4O2. The number of urea groups is 1. The molecule has 1 heterocycles. The van der Waals surface area contributed by atoms with E-state index in [-0.39, 0.29) is 17.1 Å². The van der Waals surface area contributed by atoms with Crippen LogP contribution >= 0.6 is 0 Å². The molecule has 3 aromatic rings. The molecule has 0 aliphatic carbocycles. The van der Waals surface area contributed by atoms with Crippen LogP contribution in [-0.4, -0.2) is 16.0 Å². The molecule has 6 nitrogen and oxygen atoms in total. The summed E-state index contributed by atoms with van der Waals surface area (Å²) >= 11 is 0. The van der Waals surface area contributed by atoms with Crippen molar-refractivity contribution in [2.24, 2.45) is 0 Å². The molecule has 130 valence electrons. The van der Waals surface area contributed by atoms with Crippen LogP contribution in [0.2, 0.25) is 0 Å². The summed E-state index contributed by atoms with van der Waals surface area (Å²) in [5, 5.41) is 5.59. The normalized spacial score (nSPS) is 11.5. The lowest BCUT2D eigenvalue weighted by atomic mass is 9.87. The molecule has 0 fully saturated rings. The number of benzene rings is 2. The molecule has 0 aliphatic heterocycles. The predicted octanol–water partition coefficient (Wildman–Crippen LogP) is 3.48. The number of aromatic nitrogens is 2. The smallest absolute Gasteiger partial charge is 0.323 e. The quantitative estimate of drug-likeness (QED) is 0.589. The van der Waals surface area contributed by atoms with E-state index in [1.54, 1.807) is 18.2 Å². The average molecular weight is 338 g/mol. The molecule has 6 heteroatoms. The maximum Gasteiger partial charge on any atom is 0.323 e. The summed E-state index contributed by atoms with van der Waals surface area (Å²) in [6.45, 7) is 6.93. The Kier molecular flexibility index (Phi) is 4.35. The molecule has 0 radical (unpaired) electrons. The first-order valence-corrected chi connectivity index (χ1v) is 8.18. The summed E-state index contributed by atoms with van der Waals surface area (Å²) in [6.07, 6.45) is 0. The lowest BCUT2D eigenvalue weighted by molar-refractivity contribution is 0.252. The lowest BCUT2D eigenvalue weighted by Crippen LogP contribution is -2.28. The van der Waals surface area contributed by atoms with Crippen molar-refractivity contribution in [3.8, 4) is 0 Å². The van der Waals surface area contributed by atoms with Crippen LogP contribution in [0.1, 0.15) is 31.9 Å². The number of H-pyrrole nitrogens is 2. The summed E-state index contributed by atoms with van der Waals surface area (Å²) in [5.41, 5.74) is 3.87. The second-order valence-corrected chi connectivity index (χ2v) is 7.06. The van der Waals surface area contributed by atoms with Gasteiger partial charge in [-0.05, 0) is 28.7 Å². The number of carbonyl (C=O) groups excluding carboxylic acids is 1. The zero-order valence-electron chi connectivity index (χ0n) is 14.6. The van der Waals surface area contributed by atoms with Crippen molar-refractivity contribution in [2.75, 3.05) is 5.32 Å². The molecule has 1 aromatic heterocycles. The number of imidazole rings is 1. The summed E-state index contributed by atoms with van der Waals surface area (Å²) in [6, 6.07) is 13.2. The van der Waals surface area contributed by atoms with E-state index in [4.69, 9.17) is 0 Å². The van der Waals surface area contributed by atoms with Gasteiger partial charge in [0, 0.05) is 6.54 Å². The zero-order chi connectivity index (χ0) is 18.0. The van der Waals surface area contributed by atoms with E-state index in [1.807, 2.05) is 12.1 Å². The molecule has 0 unspecified atom stereocenters. The fraction of sp³-hybridized carbons (Fsp3) is 0.263. The number of carbonyl (C=O) groups is 1. The van der Waals surface area contributed by atoms with Crippen LogP contribution in [0.3, 0.4) is 0 Å². The third-order valence-corrected chi connectivity index (χ3v) is 4.07. The van der Waals surface area contributed by atoms with Crippen molar-refractivity contribution >= 4 is 22.8 Å². The summed E-state index contributed by atoms with van der Waals surface area (Å²) in [7, 11) is 0. The van der Waals surface area contributed by atoms with Crippen LogP contribution in [0.15, 0.2) is 47.3 Å². The number of anilines is 1. The highest BCUT2D eigenvalue weighted by Crippen LogP contribution is 2.22. The van der Waals surface area contributed by atoms with Gasteiger partial charge in [0.2, 0.25) is 0 Å². The van der Waals surface area contributed by atoms with Crippen molar-refractivity contribution in [3.63, 3.8) is 0 Å². The van der Waals surface area contributed by atoms with Crippen molar-refractivity contribution in [3.05, 3.63) is 64.1 Å². The van der Waals surface area contributed by atoms with Gasteiger partial charge in [0.1, 0.15) is 0 Å². The molecule has 0 atom stereocenters. The van der Waals surface area contributed by atoms with Crippen molar-refractivity contribution in [1.82, 2.24) is 15.3 Å². The monoisotopic (exact) mass is 338 g/mol. The highest BCUT2D eigenvalue weighted by atomic mass is 16.2. The first kappa shape index (κ1) is 16.8. The van der Waals surface area contributed by atoms with Gasteiger partial charge in [-0.15, -0.1) is 0 Å². The summed E-state index contributed by atoms with van der Waals surface area (Å²) in [5.74, 6) is 0. The van der Waals surface area contributed by atoms with Crippen molar-refractivity contribution in [1.29, 1.82) is 0 Å². The zero-order valence-corrected chi connectivity index (χ0v) is 14.6. The fourth-order valence-electron chi connectivity index (χ4n) is 2.63. The minimum atomic E-state index is -0.325. The molecule has 3 rings (SSSR count). The first-order chi connectivity index (χ1) is 11.8. The van der Waals surface area contributed by atoms with Gasteiger partial charge >= 0.3 is 11.7 Å². The van der Waals surface area contributed by atoms with Gasteiger partial charge in [-0.1, -0.05) is 51.1 Å². The maximum atomic E-state index is 12.1. The van der Waals surface area contributed by atoms with E-state index in [2.05, 4.69) is 53.5 Å². The van der Waals surface area contributed by atoms with Crippen LogP contribution in [0.4, 0.5) is 10.5 Å². The molecule has 4 N–H and O–H groups in total. The van der Waals surface area contributed by atoms with E-state index < -0.39 is 0 Å². The molecule has 0 saturated carbocycles. The largest absolute Gasteiger partial charge is 0.334 e. The number of nitrogens with one attached hydrogen (secondary N) is 4. The third-order valence-electron chi connectivity index (χ3n) is 4.07. The van der Waals surface area contributed by atoms with E-state index in [9.17, 15) is 9.59 Å². The lowest BCUT2D eigenvalue weighted by Gasteiger charge is -2.19. The van der Waals surface area contributed by atoms with Crippen molar-refractivity contribution in [2.45, 2.75) is 32.7 Å². The van der Waals surface area contributed by atoms with Crippen LogP contribution in [0, 0.1) is 0 Å². The van der Waals surface area contributed by atoms with Gasteiger partial charge in [-0.25, -0.2) is 9.59 Å². The molecule has 2 aromatic carbocycles. The Labute approximate surface area is 145 Å². The third kappa shape index (κ3) is 3.91. The van der Waals surface area contributed by atoms with Gasteiger partial charge in [0.05, 0.1) is 16.7 Å². The number of amides is 2. The Morgan fingerprint density at radius 1 is 1.04 bits per heavy atom. The number of fused-ring (bicyclic) bond motifs is 1. The van der Waals surface area contributed by atoms with Crippen LogP contribution in [0.25, 0.3) is 11.0 Å². The van der Waals surface area contributed by atoms with E-state index in [0.717, 1.165) is 5.56 Å². The SMILES string of the molecule is CC(C)(C)c1ccc(CNC(=O)Nc2cccc3[nH]c(=O)[nH]c23)cc1. The number of rotatable bonds is 3. The highest BCUT2D eigenvalue weighted by Gasteiger charge is 2.13. The van der Waals surface area contributed by atoms with E-state index in [1.165, 1.54) is 5.56 Å². The van der Waals surface area contributed by atoms with Crippen LogP contribution in [-0.2, 0) is 12.0 Å². The van der Waals surface area contributed by atoms with Gasteiger partial charge in [-0.2, -0.15) is 0 Å². The standard InChI is InChI=1S/C19H22N4O2/c1-19(2,3)13-9-7-12(8-10-13)11-20-17(24)21-14-5-4-6-15-16(14)23-18(25)22-15/h4-10H,11H2,1-3H3,(H2,20,21,24)(H2,22,23,25). The Morgan fingerprint density at radius 3 is 2.44 bits per heavy atom. The first-order valence-electron chi connectivity index (χ1n) is 8.18. The van der Waals surface area contributed by atoms with E-state index in [0.29, 0.717) is 23.3 Å². The second kappa shape index (κ2) is 6.47. The topological polar surface area (TPSA) is 89.8 Å². The minimum Gasteiger partial charge on any atom is -0.334 e.